The summed E-state index contributed by atoms with van der Waals surface area (Å²) in [5.74, 6) is -2.43. The molecular weight excluding hydrogens is 528 g/mol. The zero-order valence-electron chi connectivity index (χ0n) is 25.0. The highest BCUT2D eigenvalue weighted by Crippen LogP contribution is 2.29. The lowest BCUT2D eigenvalue weighted by molar-refractivity contribution is -0.135. The van der Waals surface area contributed by atoms with Crippen LogP contribution in [0, 0.1) is 11.8 Å². The van der Waals surface area contributed by atoms with Crippen molar-refractivity contribution in [3.8, 4) is 0 Å². The molecule has 1 aliphatic heterocycles. The minimum absolute atomic E-state index is 0.00307. The Kier molecular flexibility index (Phi) is 12.9. The molecule has 1 aliphatic rings. The van der Waals surface area contributed by atoms with Crippen LogP contribution >= 0.6 is 0 Å². The minimum Gasteiger partial charge on any atom is -0.394 e. The van der Waals surface area contributed by atoms with E-state index in [1.165, 1.54) is 6.92 Å². The summed E-state index contributed by atoms with van der Waals surface area (Å²) >= 11 is 0. The lowest BCUT2D eigenvalue weighted by Crippen LogP contribution is -2.59. The molecule has 0 aromatic heterocycles. The monoisotopic (exact) mass is 574 g/mol. The fraction of sp³-hybridized carbons (Fsp3) is 0.633. The number of carbonyl (C=O) groups is 5. The molecule has 0 unspecified atom stereocenters. The number of aryl methyl sites for hydroxylation is 1. The van der Waals surface area contributed by atoms with E-state index in [1.54, 1.807) is 6.92 Å². The zero-order valence-corrected chi connectivity index (χ0v) is 25.0. The van der Waals surface area contributed by atoms with Crippen molar-refractivity contribution in [3.63, 3.8) is 0 Å². The number of amides is 4. The first-order valence-corrected chi connectivity index (χ1v) is 14.3. The van der Waals surface area contributed by atoms with E-state index in [9.17, 15) is 29.1 Å². The Bertz CT molecular complexity index is 1060. The predicted molar refractivity (Wildman–Crippen MR) is 154 cm³/mol. The number of benzene rings is 1. The molecule has 0 spiro atoms. The van der Waals surface area contributed by atoms with E-state index in [1.807, 2.05) is 58.0 Å². The van der Waals surface area contributed by atoms with Gasteiger partial charge in [-0.15, -0.1) is 0 Å². The Morgan fingerprint density at radius 2 is 1.29 bits per heavy atom. The van der Waals surface area contributed by atoms with E-state index in [-0.39, 0.29) is 36.6 Å². The quantitative estimate of drug-likeness (QED) is 0.173. The standard InChI is InChI=1S/C30H46N4O7/c1-18(2)14-23(26(37)30(6)17-41-30)32-29(40)25(16-35)34-28(39)24(15-19(3)4)33-27(38)22(31-20(5)36)13-12-21-10-8-7-9-11-21/h7-11,18-19,22-25,35H,12-17H2,1-6H3,(H,31,36)(H,32,40)(H,33,38)(H,34,39)/t22-,23-,24-,25-,30+/m0/s1. The maximum absolute atomic E-state index is 13.3. The van der Waals surface area contributed by atoms with Crippen LogP contribution in [0.2, 0.25) is 0 Å². The van der Waals surface area contributed by atoms with Crippen molar-refractivity contribution in [1.29, 1.82) is 0 Å². The number of ether oxygens (including phenoxy) is 1. The number of Topliss-reactive ketones (excluding diaryl/α,β-unsaturated/α-hetero) is 1. The average molecular weight is 575 g/mol. The molecule has 11 heteroatoms. The van der Waals surface area contributed by atoms with E-state index in [0.29, 0.717) is 19.3 Å². The maximum atomic E-state index is 13.3. The maximum Gasteiger partial charge on any atom is 0.245 e. The fourth-order valence-electron chi connectivity index (χ4n) is 4.51. The number of hydrogen-bond acceptors (Lipinski definition) is 7. The summed E-state index contributed by atoms with van der Waals surface area (Å²) in [6, 6.07) is 5.44. The summed E-state index contributed by atoms with van der Waals surface area (Å²) in [6.45, 7) is 10.1. The molecule has 11 nitrogen and oxygen atoms in total. The van der Waals surface area contributed by atoms with Gasteiger partial charge in [-0.3, -0.25) is 24.0 Å². The first-order valence-electron chi connectivity index (χ1n) is 14.3. The summed E-state index contributed by atoms with van der Waals surface area (Å²) in [6.07, 6.45) is 1.48. The molecule has 4 amide bonds. The molecule has 1 aromatic rings. The molecule has 41 heavy (non-hydrogen) atoms. The first-order chi connectivity index (χ1) is 19.2. The highest BCUT2D eigenvalue weighted by atomic mass is 16.6. The van der Waals surface area contributed by atoms with Crippen molar-refractivity contribution >= 4 is 29.4 Å². The predicted octanol–water partition coefficient (Wildman–Crippen LogP) is 1.02. The molecule has 5 N–H and O–H groups in total. The number of epoxide rings is 1. The van der Waals surface area contributed by atoms with Gasteiger partial charge in [0.15, 0.2) is 5.78 Å². The van der Waals surface area contributed by atoms with Crippen molar-refractivity contribution in [2.75, 3.05) is 13.2 Å². The van der Waals surface area contributed by atoms with Gasteiger partial charge in [0, 0.05) is 6.92 Å². The van der Waals surface area contributed by atoms with E-state index in [0.717, 1.165) is 5.56 Å². The van der Waals surface area contributed by atoms with Gasteiger partial charge >= 0.3 is 0 Å². The molecule has 228 valence electrons. The Labute approximate surface area is 242 Å². The van der Waals surface area contributed by atoms with E-state index in [2.05, 4.69) is 21.3 Å². The van der Waals surface area contributed by atoms with Crippen LogP contribution in [-0.2, 0) is 35.1 Å². The molecule has 5 atom stereocenters. The van der Waals surface area contributed by atoms with Crippen LogP contribution in [0.1, 0.15) is 66.4 Å². The largest absolute Gasteiger partial charge is 0.394 e. The Morgan fingerprint density at radius 1 is 0.805 bits per heavy atom. The topological polar surface area (TPSA) is 166 Å². The van der Waals surface area contributed by atoms with Crippen LogP contribution in [0.25, 0.3) is 0 Å². The second-order valence-corrected chi connectivity index (χ2v) is 11.8. The van der Waals surface area contributed by atoms with Crippen molar-refractivity contribution in [1.82, 2.24) is 21.3 Å². The van der Waals surface area contributed by atoms with Crippen LogP contribution < -0.4 is 21.3 Å². The van der Waals surface area contributed by atoms with Gasteiger partial charge in [-0.1, -0.05) is 58.0 Å². The zero-order chi connectivity index (χ0) is 30.7. The van der Waals surface area contributed by atoms with Crippen molar-refractivity contribution in [3.05, 3.63) is 35.9 Å². The third-order valence-electron chi connectivity index (χ3n) is 6.85. The molecular formula is C30H46N4O7. The highest BCUT2D eigenvalue weighted by Gasteiger charge is 2.50. The van der Waals surface area contributed by atoms with Crippen LogP contribution in [0.3, 0.4) is 0 Å². The van der Waals surface area contributed by atoms with E-state index < -0.39 is 54.1 Å². The number of nitrogens with one attached hydrogen (secondary N) is 4. The van der Waals surface area contributed by atoms with Gasteiger partial charge in [0.2, 0.25) is 23.6 Å². The van der Waals surface area contributed by atoms with E-state index in [4.69, 9.17) is 4.74 Å². The lowest BCUT2D eigenvalue weighted by Gasteiger charge is -2.27. The van der Waals surface area contributed by atoms with Crippen LogP contribution in [-0.4, -0.2) is 77.5 Å². The first kappa shape index (κ1) is 33.9. The molecule has 0 radical (unpaired) electrons. The van der Waals surface area contributed by atoms with Gasteiger partial charge in [0.05, 0.1) is 19.3 Å². The van der Waals surface area contributed by atoms with Gasteiger partial charge in [-0.2, -0.15) is 0 Å². The molecule has 1 saturated heterocycles. The van der Waals surface area contributed by atoms with Crippen LogP contribution in [0.5, 0.6) is 0 Å². The molecule has 1 fully saturated rings. The molecule has 1 aromatic carbocycles. The summed E-state index contributed by atoms with van der Waals surface area (Å²) in [7, 11) is 0. The molecule has 0 bridgehead atoms. The Balaban J connectivity index is 2.10. The van der Waals surface area contributed by atoms with Gasteiger partial charge < -0.3 is 31.1 Å². The molecule has 0 saturated carbocycles. The van der Waals surface area contributed by atoms with Gasteiger partial charge in [0.1, 0.15) is 23.7 Å². The third kappa shape index (κ3) is 11.2. The average Bonchev–Trinajstić information content (AvgIpc) is 3.66. The lowest BCUT2D eigenvalue weighted by atomic mass is 9.93. The summed E-state index contributed by atoms with van der Waals surface area (Å²) in [5, 5.41) is 20.5. The van der Waals surface area contributed by atoms with Gasteiger partial charge in [0.25, 0.3) is 0 Å². The second kappa shape index (κ2) is 15.6. The van der Waals surface area contributed by atoms with E-state index >= 15 is 0 Å². The Hall–Kier alpha value is -3.31. The fourth-order valence-corrected chi connectivity index (χ4v) is 4.51. The van der Waals surface area contributed by atoms with Gasteiger partial charge in [-0.25, -0.2) is 0 Å². The number of aliphatic hydroxyl groups excluding tert-OH is 1. The third-order valence-corrected chi connectivity index (χ3v) is 6.85. The highest BCUT2D eigenvalue weighted by molar-refractivity contribution is 5.98. The summed E-state index contributed by atoms with van der Waals surface area (Å²) < 4.78 is 5.26. The second-order valence-electron chi connectivity index (χ2n) is 11.8. The number of carbonyl (C=O) groups excluding carboxylic acids is 5. The normalized spacial score (nSPS) is 19.0. The number of aliphatic hydroxyl groups is 1. The molecule has 1 heterocycles. The molecule has 2 rings (SSSR count). The summed E-state index contributed by atoms with van der Waals surface area (Å²) in [5.41, 5.74) is 0.0583. The van der Waals surface area contributed by atoms with Crippen molar-refractivity contribution in [2.45, 2.75) is 97.0 Å². The minimum atomic E-state index is -1.34. The number of hydrogen-bond donors (Lipinski definition) is 5. The Morgan fingerprint density at radius 3 is 1.80 bits per heavy atom. The summed E-state index contributed by atoms with van der Waals surface area (Å²) in [4.78, 5) is 64.3. The smallest absolute Gasteiger partial charge is 0.245 e. The van der Waals surface area contributed by atoms with Crippen LogP contribution in [0.4, 0.5) is 0 Å². The van der Waals surface area contributed by atoms with Crippen molar-refractivity contribution < 1.29 is 33.8 Å². The number of rotatable bonds is 17. The molecule has 0 aliphatic carbocycles. The van der Waals surface area contributed by atoms with Crippen molar-refractivity contribution in [2.24, 2.45) is 11.8 Å². The number of ketones is 1. The van der Waals surface area contributed by atoms with Crippen LogP contribution in [0.15, 0.2) is 30.3 Å². The SMILES string of the molecule is CC(=O)N[C@@H](CCc1ccccc1)C(=O)N[C@@H](CC(C)C)C(=O)N[C@@H](CO)C(=O)N[C@@H](CC(C)C)C(=O)[C@@]1(C)CO1. The van der Waals surface area contributed by atoms with Gasteiger partial charge in [-0.05, 0) is 50.0 Å².